The van der Waals surface area contributed by atoms with Gasteiger partial charge in [-0.15, -0.1) is 0 Å². The molecule has 1 aliphatic rings. The minimum absolute atomic E-state index is 0.0235. The normalized spacial score (nSPS) is 17.2. The zero-order valence-corrected chi connectivity index (χ0v) is 23.9. The predicted octanol–water partition coefficient (Wildman–Crippen LogP) is 5.49. The van der Waals surface area contributed by atoms with Crippen molar-refractivity contribution in [1.29, 1.82) is 0 Å². The molecule has 10 heteroatoms. The zero-order chi connectivity index (χ0) is 28.8. The second-order valence-corrected chi connectivity index (χ2v) is 11.0. The third-order valence-electron chi connectivity index (χ3n) is 7.09. The van der Waals surface area contributed by atoms with Crippen LogP contribution in [0.15, 0.2) is 73.1 Å². The number of benzene rings is 2. The van der Waals surface area contributed by atoms with Crippen LogP contribution in [0.1, 0.15) is 36.0 Å². The molecule has 0 saturated heterocycles. The largest absolute Gasteiger partial charge is 0.360 e. The Kier molecular flexibility index (Phi) is 8.96. The topological polar surface area (TPSA) is 115 Å². The van der Waals surface area contributed by atoms with Crippen LogP contribution in [0.2, 0.25) is 5.02 Å². The smallest absolute Gasteiger partial charge is 0.251 e. The molecule has 1 saturated carbocycles. The molecule has 2 amide bonds. The maximum Gasteiger partial charge on any atom is 0.251 e. The van der Waals surface area contributed by atoms with E-state index in [-0.39, 0.29) is 23.9 Å². The Balaban J connectivity index is 1.17. The van der Waals surface area contributed by atoms with Crippen LogP contribution in [0.3, 0.4) is 0 Å². The number of hydrogen-bond acceptors (Lipinski definition) is 6. The van der Waals surface area contributed by atoms with Gasteiger partial charge < -0.3 is 25.8 Å². The summed E-state index contributed by atoms with van der Waals surface area (Å²) in [6, 6.07) is 15.1. The molecule has 2 aromatic carbocycles. The van der Waals surface area contributed by atoms with Crippen LogP contribution < -0.4 is 16.0 Å². The van der Waals surface area contributed by atoms with Crippen LogP contribution in [-0.4, -0.2) is 64.4 Å². The first-order chi connectivity index (χ1) is 19.9. The van der Waals surface area contributed by atoms with Gasteiger partial charge in [0.25, 0.3) is 5.91 Å². The van der Waals surface area contributed by atoms with Crippen molar-refractivity contribution >= 4 is 46.0 Å². The van der Waals surface area contributed by atoms with E-state index in [1.54, 1.807) is 36.5 Å². The summed E-state index contributed by atoms with van der Waals surface area (Å²) >= 11 is 6.50. The number of aromatic amines is 1. The molecule has 0 spiro atoms. The fourth-order valence-corrected chi connectivity index (χ4v) is 5.25. The Morgan fingerprint density at radius 3 is 2.68 bits per heavy atom. The van der Waals surface area contributed by atoms with Crippen molar-refractivity contribution in [1.82, 2.24) is 25.2 Å². The van der Waals surface area contributed by atoms with E-state index in [0.29, 0.717) is 34.5 Å². The van der Waals surface area contributed by atoms with Gasteiger partial charge in [0.2, 0.25) is 11.9 Å². The Morgan fingerprint density at radius 1 is 1.10 bits per heavy atom. The number of amides is 2. The number of carbonyl (C=O) groups excluding carboxylic acids is 2. The minimum Gasteiger partial charge on any atom is -0.360 e. The lowest BCUT2D eigenvalue weighted by Crippen LogP contribution is -2.42. The first kappa shape index (κ1) is 28.3. The number of hydrogen-bond donors (Lipinski definition) is 4. The fourth-order valence-electron chi connectivity index (χ4n) is 5.06. The van der Waals surface area contributed by atoms with Crippen molar-refractivity contribution in [3.8, 4) is 11.3 Å². The van der Waals surface area contributed by atoms with Gasteiger partial charge in [0.05, 0.1) is 16.9 Å². The van der Waals surface area contributed by atoms with Crippen LogP contribution in [-0.2, 0) is 4.79 Å². The van der Waals surface area contributed by atoms with Crippen molar-refractivity contribution in [3.05, 3.63) is 83.7 Å². The average Bonchev–Trinajstić information content (AvgIpc) is 3.38. The molecule has 0 radical (unpaired) electrons. The second kappa shape index (κ2) is 13.0. The van der Waals surface area contributed by atoms with E-state index >= 15 is 0 Å². The Morgan fingerprint density at radius 2 is 1.88 bits per heavy atom. The van der Waals surface area contributed by atoms with Crippen molar-refractivity contribution in [3.63, 3.8) is 0 Å². The maximum absolute atomic E-state index is 13.0. The van der Waals surface area contributed by atoms with E-state index < -0.39 is 0 Å². The number of fused-ring (bicyclic) bond motifs is 1. The SMILES string of the molecule is CN(C)C/C=C/C(=O)Nc1ccc(C(=O)N[C@H]2CCC[C@@H](Nc3ncc(Cl)c(-c4c[nH]c5ccccc45)n3)C2)cc1. The molecular formula is C31H34ClN7O2. The lowest BCUT2D eigenvalue weighted by molar-refractivity contribution is -0.111. The molecule has 4 aromatic rings. The highest BCUT2D eigenvalue weighted by Gasteiger charge is 2.25. The van der Waals surface area contributed by atoms with Crippen LogP contribution in [0.25, 0.3) is 22.2 Å². The van der Waals surface area contributed by atoms with Crippen LogP contribution in [0.4, 0.5) is 11.6 Å². The van der Waals surface area contributed by atoms with E-state index in [0.717, 1.165) is 42.1 Å². The van der Waals surface area contributed by atoms with E-state index in [9.17, 15) is 9.59 Å². The number of halogens is 1. The van der Waals surface area contributed by atoms with Crippen molar-refractivity contribution in [2.45, 2.75) is 37.8 Å². The highest BCUT2D eigenvalue weighted by Crippen LogP contribution is 2.32. The zero-order valence-electron chi connectivity index (χ0n) is 23.2. The minimum atomic E-state index is -0.206. The van der Waals surface area contributed by atoms with E-state index in [4.69, 9.17) is 16.6 Å². The molecule has 1 fully saturated rings. The lowest BCUT2D eigenvalue weighted by atomic mass is 9.91. The monoisotopic (exact) mass is 571 g/mol. The number of likely N-dealkylation sites (N-methyl/N-ethyl adjacent to an activating group) is 1. The maximum atomic E-state index is 13.0. The quantitative estimate of drug-likeness (QED) is 0.198. The van der Waals surface area contributed by atoms with Gasteiger partial charge in [-0.2, -0.15) is 0 Å². The second-order valence-electron chi connectivity index (χ2n) is 10.5. The van der Waals surface area contributed by atoms with Gasteiger partial charge in [0.15, 0.2) is 0 Å². The van der Waals surface area contributed by atoms with Crippen LogP contribution >= 0.6 is 11.6 Å². The van der Waals surface area contributed by atoms with E-state index in [2.05, 4.69) is 25.9 Å². The van der Waals surface area contributed by atoms with Gasteiger partial charge >= 0.3 is 0 Å². The molecule has 1 aliphatic carbocycles. The number of aromatic nitrogens is 3. The molecule has 2 atom stereocenters. The molecular weight excluding hydrogens is 538 g/mol. The number of carbonyl (C=O) groups is 2. The lowest BCUT2D eigenvalue weighted by Gasteiger charge is -2.30. The third kappa shape index (κ3) is 7.31. The van der Waals surface area contributed by atoms with Gasteiger partial charge in [0.1, 0.15) is 0 Å². The first-order valence-electron chi connectivity index (χ1n) is 13.7. The van der Waals surface area contributed by atoms with Gasteiger partial charge in [0, 0.05) is 58.6 Å². The van der Waals surface area contributed by atoms with Gasteiger partial charge in [-0.25, -0.2) is 9.97 Å². The number of H-pyrrole nitrogens is 1. The molecule has 2 aromatic heterocycles. The molecule has 4 N–H and O–H groups in total. The Hall–Kier alpha value is -4.21. The number of anilines is 2. The average molecular weight is 572 g/mol. The fraction of sp³-hybridized carbons (Fsp3) is 0.290. The molecule has 9 nitrogen and oxygen atoms in total. The van der Waals surface area contributed by atoms with Crippen molar-refractivity contribution in [2.75, 3.05) is 31.3 Å². The number of nitrogens with zero attached hydrogens (tertiary/aromatic N) is 3. The van der Waals surface area contributed by atoms with Crippen molar-refractivity contribution < 1.29 is 9.59 Å². The highest BCUT2D eigenvalue weighted by atomic mass is 35.5. The first-order valence-corrected chi connectivity index (χ1v) is 14.1. The summed E-state index contributed by atoms with van der Waals surface area (Å²) in [7, 11) is 3.87. The summed E-state index contributed by atoms with van der Waals surface area (Å²) in [5.41, 5.74) is 3.80. The van der Waals surface area contributed by atoms with E-state index in [1.807, 2.05) is 49.5 Å². The Labute approximate surface area is 244 Å². The standard InChI is InChI=1S/C31H34ClN7O2/c1-39(2)16-6-11-28(40)35-21-14-12-20(13-15-21)30(41)36-22-7-5-8-23(17-22)37-31-34-19-26(32)29(38-31)25-18-33-27-10-4-3-9-24(25)27/h3-4,6,9-15,18-19,22-23,33H,5,7-8,16-17H2,1-2H3,(H,35,40)(H,36,41)(H,34,37,38)/b11-6+/t22-,23+/m0/s1. The van der Waals surface area contributed by atoms with Gasteiger partial charge in [-0.3, -0.25) is 9.59 Å². The number of nitrogens with one attached hydrogen (secondary N) is 4. The van der Waals surface area contributed by atoms with Gasteiger partial charge in [-0.1, -0.05) is 35.9 Å². The number of rotatable bonds is 9. The summed E-state index contributed by atoms with van der Waals surface area (Å²) in [5.74, 6) is 0.174. The molecule has 0 bridgehead atoms. The van der Waals surface area contributed by atoms with Gasteiger partial charge in [-0.05, 0) is 70.1 Å². The molecule has 0 unspecified atom stereocenters. The summed E-state index contributed by atoms with van der Waals surface area (Å²) < 4.78 is 0. The summed E-state index contributed by atoms with van der Waals surface area (Å²) in [5, 5.41) is 11.0. The van der Waals surface area contributed by atoms with Crippen LogP contribution in [0.5, 0.6) is 0 Å². The summed E-state index contributed by atoms with van der Waals surface area (Å²) in [6.45, 7) is 0.683. The molecule has 0 aliphatic heterocycles. The molecule has 41 heavy (non-hydrogen) atoms. The van der Waals surface area contributed by atoms with Crippen molar-refractivity contribution in [2.24, 2.45) is 0 Å². The third-order valence-corrected chi connectivity index (χ3v) is 7.36. The summed E-state index contributed by atoms with van der Waals surface area (Å²) in [4.78, 5) is 39.4. The molecule has 2 heterocycles. The van der Waals surface area contributed by atoms with Crippen LogP contribution in [0, 0.1) is 0 Å². The predicted molar refractivity (Wildman–Crippen MR) is 164 cm³/mol. The Bertz CT molecular complexity index is 1550. The highest BCUT2D eigenvalue weighted by molar-refractivity contribution is 6.33. The molecule has 5 rings (SSSR count). The number of para-hydroxylation sites is 1. The molecule has 212 valence electrons. The summed E-state index contributed by atoms with van der Waals surface area (Å²) in [6.07, 6.45) is 10.4. The van der Waals surface area contributed by atoms with E-state index in [1.165, 1.54) is 6.08 Å².